The van der Waals surface area contributed by atoms with Crippen molar-refractivity contribution >= 4 is 80.3 Å². The SMILES string of the molecule is CC(C)(C)OC(=O)NC1CCCCC1.CC(C)(C)OC(=O)NC1CCN(c2ccc(N)nc2)CC1.CC(C)(C)OC(=O)NC1CCN(c2ccc([N+](=O)[O-])nc2)CC1.CC(C)N1CCOc2c(F)cc(-c3nc(Cl)ncc3F)cc21.O=[N+]([O-])c1ccc(Br)cn1. The second kappa shape index (κ2) is 33.7. The first kappa shape index (κ1) is 72.7. The van der Waals surface area contributed by atoms with Crippen molar-refractivity contribution in [2.24, 2.45) is 0 Å². The molecule has 3 amide bonds. The van der Waals surface area contributed by atoms with Crippen molar-refractivity contribution in [3.8, 4) is 17.0 Å². The number of piperidine rings is 2. The summed E-state index contributed by atoms with van der Waals surface area (Å²) < 4.78 is 50.1. The van der Waals surface area contributed by atoms with Crippen LogP contribution >= 0.6 is 27.5 Å². The number of alkyl carbamates (subject to hydrolysis) is 3. The summed E-state index contributed by atoms with van der Waals surface area (Å²) in [5.74, 6) is -0.786. The minimum absolute atomic E-state index is 0.0315. The second-order valence-corrected chi connectivity index (χ2v) is 26.0. The van der Waals surface area contributed by atoms with Crippen molar-refractivity contribution in [3.05, 3.63) is 115 Å². The Balaban J connectivity index is 0.000000210. The number of amides is 3. The Kier molecular flexibility index (Phi) is 27.2. The van der Waals surface area contributed by atoms with Gasteiger partial charge in [0.25, 0.3) is 0 Å². The van der Waals surface area contributed by atoms with Crippen LogP contribution in [0.15, 0.2) is 77.8 Å². The number of nitrogens with zero attached hydrogens (tertiary/aromatic N) is 10. The minimum atomic E-state index is -0.656. The number of nitrogens with one attached hydrogen (secondary N) is 3. The predicted octanol–water partition coefficient (Wildman–Crippen LogP) is 12.9. The molecule has 4 aliphatic rings. The zero-order valence-corrected chi connectivity index (χ0v) is 55.2. The van der Waals surface area contributed by atoms with E-state index in [0.29, 0.717) is 36.3 Å². The van der Waals surface area contributed by atoms with Crippen LogP contribution in [0.25, 0.3) is 11.3 Å². The number of nitrogen functional groups attached to an aromatic ring is 1. The fourth-order valence-corrected chi connectivity index (χ4v) is 9.86. The lowest BCUT2D eigenvalue weighted by Gasteiger charge is -2.34. The summed E-state index contributed by atoms with van der Waals surface area (Å²) in [5, 5.41) is 29.3. The number of anilines is 4. The summed E-state index contributed by atoms with van der Waals surface area (Å²) in [6.07, 6.45) is 14.0. The summed E-state index contributed by atoms with van der Waals surface area (Å²) in [4.78, 5) is 79.8. The highest BCUT2D eigenvalue weighted by Gasteiger charge is 2.29. The molecule has 5 N–H and O–H groups in total. The molecule has 1 aromatic carbocycles. The van der Waals surface area contributed by atoms with Crippen LogP contribution in [-0.2, 0) is 14.2 Å². The third kappa shape index (κ3) is 25.5. The first-order chi connectivity index (χ1) is 42.2. The molecule has 0 bridgehead atoms. The first-order valence-corrected chi connectivity index (χ1v) is 30.9. The van der Waals surface area contributed by atoms with E-state index in [1.54, 1.807) is 30.5 Å². The van der Waals surface area contributed by atoms with E-state index in [1.807, 2.05) is 87.1 Å². The van der Waals surface area contributed by atoms with E-state index in [0.717, 1.165) is 86.7 Å². The van der Waals surface area contributed by atoms with E-state index in [4.69, 9.17) is 36.3 Å². The molecule has 492 valence electrons. The number of nitro groups is 2. The first-order valence-electron chi connectivity index (χ1n) is 29.7. The van der Waals surface area contributed by atoms with E-state index < -0.39 is 44.4 Å². The number of hydrogen-bond acceptors (Lipinski definition) is 20. The van der Waals surface area contributed by atoms with Crippen molar-refractivity contribution in [2.75, 3.05) is 59.8 Å². The maximum atomic E-state index is 14.3. The van der Waals surface area contributed by atoms with Crippen molar-refractivity contribution in [1.29, 1.82) is 0 Å². The molecule has 1 saturated carbocycles. The van der Waals surface area contributed by atoms with Gasteiger partial charge >= 0.3 is 29.9 Å². The number of fused-ring (bicyclic) bond motifs is 1. The van der Waals surface area contributed by atoms with Gasteiger partial charge in [-0.15, -0.1) is 0 Å². The highest BCUT2D eigenvalue weighted by atomic mass is 79.9. The van der Waals surface area contributed by atoms with Crippen LogP contribution in [-0.4, -0.2) is 133 Å². The van der Waals surface area contributed by atoms with Gasteiger partial charge in [0.1, 0.15) is 34.9 Å². The fourth-order valence-electron chi connectivity index (χ4n) is 9.49. The van der Waals surface area contributed by atoms with Gasteiger partial charge in [-0.2, -0.15) is 0 Å². The van der Waals surface area contributed by atoms with Crippen molar-refractivity contribution in [2.45, 2.75) is 175 Å². The van der Waals surface area contributed by atoms with Crippen LogP contribution in [0.1, 0.15) is 134 Å². The summed E-state index contributed by atoms with van der Waals surface area (Å²) in [6, 6.07) is 13.4. The molecule has 0 unspecified atom stereocenters. The molecule has 3 fully saturated rings. The highest BCUT2D eigenvalue weighted by Crippen LogP contribution is 2.39. The van der Waals surface area contributed by atoms with Gasteiger partial charge in [-0.3, -0.25) is 0 Å². The second-order valence-electron chi connectivity index (χ2n) is 24.7. The lowest BCUT2D eigenvalue weighted by molar-refractivity contribution is -0.389. The number of carbonyl (C=O) groups is 3. The van der Waals surface area contributed by atoms with E-state index in [9.17, 15) is 43.4 Å². The number of hydrogen-bond donors (Lipinski definition) is 4. The average Bonchev–Trinajstić information content (AvgIpc) is 0.866. The topological polar surface area (TPSA) is 311 Å². The quantitative estimate of drug-likeness (QED) is 0.0461. The molecule has 0 atom stereocenters. The average molecular weight is 1340 g/mol. The molecule has 4 aromatic heterocycles. The number of nitrogens with two attached hydrogens (primary N) is 1. The van der Waals surface area contributed by atoms with Gasteiger partial charge in [0.2, 0.25) is 5.28 Å². The van der Waals surface area contributed by atoms with Crippen LogP contribution in [0.2, 0.25) is 5.28 Å². The van der Waals surface area contributed by atoms with Crippen molar-refractivity contribution in [3.63, 3.8) is 0 Å². The Hall–Kier alpha value is -8.01. The number of halogens is 4. The molecule has 3 aliphatic heterocycles. The Morgan fingerprint density at radius 3 is 1.51 bits per heavy atom. The molecule has 9 rings (SSSR count). The Labute approximate surface area is 537 Å². The third-order valence-electron chi connectivity index (χ3n) is 13.6. The van der Waals surface area contributed by atoms with Gasteiger partial charge in [0, 0.05) is 68.0 Å². The number of pyridine rings is 3. The number of carbonyl (C=O) groups excluding carboxylic acids is 3. The van der Waals surface area contributed by atoms with Gasteiger partial charge < -0.3 is 75.6 Å². The van der Waals surface area contributed by atoms with E-state index in [1.165, 1.54) is 49.9 Å². The van der Waals surface area contributed by atoms with Gasteiger partial charge in [-0.25, -0.2) is 38.1 Å². The van der Waals surface area contributed by atoms with Gasteiger partial charge in [-0.1, -0.05) is 19.3 Å². The largest absolute Gasteiger partial charge is 0.486 e. The summed E-state index contributed by atoms with van der Waals surface area (Å²) in [5.41, 5.74) is 7.02. The van der Waals surface area contributed by atoms with Crippen LogP contribution in [0.5, 0.6) is 5.75 Å². The molecular formula is C61H84BrClF2N14O11. The molecule has 90 heavy (non-hydrogen) atoms. The molecule has 0 radical (unpaired) electrons. The monoisotopic (exact) mass is 1340 g/mol. The highest BCUT2D eigenvalue weighted by molar-refractivity contribution is 9.10. The molecular weight excluding hydrogens is 1260 g/mol. The Morgan fingerprint density at radius 1 is 0.644 bits per heavy atom. The van der Waals surface area contributed by atoms with Crippen molar-refractivity contribution in [1.82, 2.24) is 40.9 Å². The maximum absolute atomic E-state index is 14.3. The van der Waals surface area contributed by atoms with Crippen LogP contribution in [0.4, 0.5) is 57.7 Å². The van der Waals surface area contributed by atoms with Crippen molar-refractivity contribution < 1.29 is 52.0 Å². The van der Waals surface area contributed by atoms with Gasteiger partial charge in [0.05, 0.1) is 40.5 Å². The zero-order valence-electron chi connectivity index (χ0n) is 52.9. The standard InChI is InChI=1S/C15H14ClF2N3O.C15H22N4O4.C15H24N4O2.C11H21NO2.C5H3BrN2O2/c1-8(2)21-3-4-22-14-10(17)5-9(6-12(14)21)13-11(18)7-19-15(16)20-13;1-15(2,3)23-14(20)17-11-6-8-18(9-7-11)12-4-5-13(16-10-12)19(21)22;1-15(2,3)21-14(20)18-11-6-8-19(9-7-11)12-4-5-13(16)17-10-12;1-11(2,3)14-10(13)12-9-7-5-4-6-8-9;6-4-1-2-5(7-3-4)8(9)10/h5-8H,3-4H2,1-2H3;4-5,10-11H,6-9H2,1-3H3,(H,17,20);4-5,10-11H,6-9H2,1-3H3,(H2,16,17)(H,18,20);9H,4-8H2,1-3H3,(H,12,13);1-3H. The lowest BCUT2D eigenvalue weighted by Crippen LogP contribution is -2.46. The van der Waals surface area contributed by atoms with E-state index in [2.05, 4.69) is 66.6 Å². The minimum Gasteiger partial charge on any atom is -0.486 e. The maximum Gasteiger partial charge on any atom is 0.407 e. The predicted molar refractivity (Wildman–Crippen MR) is 344 cm³/mol. The third-order valence-corrected chi connectivity index (χ3v) is 14.3. The van der Waals surface area contributed by atoms with Crippen LogP contribution in [0, 0.1) is 31.9 Å². The van der Waals surface area contributed by atoms with E-state index >= 15 is 0 Å². The Morgan fingerprint density at radius 2 is 1.10 bits per heavy atom. The molecule has 0 spiro atoms. The van der Waals surface area contributed by atoms with Gasteiger partial charge in [-0.05, 0) is 198 Å². The molecule has 1 aliphatic carbocycles. The zero-order chi connectivity index (χ0) is 66.5. The fraction of sp³-hybridized carbons (Fsp3) is 0.541. The lowest BCUT2D eigenvalue weighted by atomic mass is 9.96. The summed E-state index contributed by atoms with van der Waals surface area (Å²) in [6.45, 7) is 25.0. The van der Waals surface area contributed by atoms with E-state index in [-0.39, 0.29) is 58.7 Å². The van der Waals surface area contributed by atoms with Gasteiger partial charge in [0.15, 0.2) is 29.8 Å². The molecule has 7 heterocycles. The summed E-state index contributed by atoms with van der Waals surface area (Å²) in [7, 11) is 0. The number of ether oxygens (including phenoxy) is 4. The smallest absolute Gasteiger partial charge is 0.407 e. The summed E-state index contributed by atoms with van der Waals surface area (Å²) >= 11 is 8.82. The van der Waals surface area contributed by atoms with Crippen LogP contribution < -0.4 is 41.1 Å². The molecule has 29 heteroatoms. The number of aromatic nitrogens is 5. The van der Waals surface area contributed by atoms with Crippen LogP contribution in [0.3, 0.4) is 0 Å². The normalized spacial score (nSPS) is 15.4. The number of benzene rings is 1. The number of rotatable bonds is 9. The molecule has 25 nitrogen and oxygen atoms in total. The Bertz CT molecular complexity index is 3140. The molecule has 5 aromatic rings. The molecule has 2 saturated heterocycles.